The van der Waals surface area contributed by atoms with Crippen LogP contribution in [-0.4, -0.2) is 33.3 Å². The average Bonchev–Trinajstić information content (AvgIpc) is 3.05. The fourth-order valence-electron chi connectivity index (χ4n) is 3.28. The fraction of sp³-hybridized carbons (Fsp3) is 0.389. The topological polar surface area (TPSA) is 51.0 Å². The van der Waals surface area contributed by atoms with Gasteiger partial charge in [0.05, 0.1) is 5.75 Å². The van der Waals surface area contributed by atoms with Crippen molar-refractivity contribution in [2.24, 2.45) is 7.05 Å². The van der Waals surface area contributed by atoms with Gasteiger partial charge in [-0.1, -0.05) is 43.8 Å². The molecule has 0 amide bonds. The maximum atomic E-state index is 12.8. The highest BCUT2D eigenvalue weighted by atomic mass is 32.2. The molecule has 9 heteroatoms. The van der Waals surface area contributed by atoms with Crippen LogP contribution in [0.15, 0.2) is 41.2 Å². The number of nitrogens with zero attached hydrogens (tertiary/aromatic N) is 4. The standard InChI is InChI=1S/C18H19F3N4OS/c1-17(2)12-7-5-6-8-13(12)24(3)14(17)9-11(26)10-27-16-23-22-15(25(16)4)18(19,20)21/h5-9H,10H2,1-4H3. The summed E-state index contributed by atoms with van der Waals surface area (Å²) in [6.07, 6.45) is -3.01. The molecular weight excluding hydrogens is 377 g/mol. The summed E-state index contributed by atoms with van der Waals surface area (Å²) >= 11 is 0.937. The first kappa shape index (κ1) is 19.5. The molecule has 2 heterocycles. The smallest absolute Gasteiger partial charge is 0.347 e. The average molecular weight is 396 g/mol. The molecule has 1 aliphatic heterocycles. The Morgan fingerprint density at radius 3 is 2.48 bits per heavy atom. The Morgan fingerprint density at radius 2 is 1.89 bits per heavy atom. The molecule has 0 N–H and O–H groups in total. The molecule has 144 valence electrons. The summed E-state index contributed by atoms with van der Waals surface area (Å²) in [5.41, 5.74) is 2.68. The van der Waals surface area contributed by atoms with Crippen LogP contribution in [0.4, 0.5) is 18.9 Å². The van der Waals surface area contributed by atoms with Gasteiger partial charge in [-0.2, -0.15) is 13.2 Å². The highest BCUT2D eigenvalue weighted by molar-refractivity contribution is 7.99. The molecule has 2 aromatic rings. The van der Waals surface area contributed by atoms with Crippen molar-refractivity contribution >= 4 is 23.2 Å². The predicted molar refractivity (Wildman–Crippen MR) is 97.7 cm³/mol. The third kappa shape index (κ3) is 3.47. The van der Waals surface area contributed by atoms with Crippen LogP contribution in [0.25, 0.3) is 0 Å². The maximum Gasteiger partial charge on any atom is 0.451 e. The SMILES string of the molecule is CN1C(=CC(=O)CSc2nnc(C(F)(F)F)n2C)C(C)(C)c2ccccc21. The van der Waals surface area contributed by atoms with E-state index in [2.05, 4.69) is 10.2 Å². The number of fused-ring (bicyclic) bond motifs is 1. The predicted octanol–water partition coefficient (Wildman–Crippen LogP) is 3.81. The minimum absolute atomic E-state index is 0.0202. The Morgan fingerprint density at radius 1 is 1.22 bits per heavy atom. The van der Waals surface area contributed by atoms with Crippen molar-refractivity contribution in [2.75, 3.05) is 17.7 Å². The monoisotopic (exact) mass is 396 g/mol. The van der Waals surface area contributed by atoms with Crippen molar-refractivity contribution in [3.05, 3.63) is 47.4 Å². The summed E-state index contributed by atoms with van der Waals surface area (Å²) in [5, 5.41) is 6.75. The zero-order valence-electron chi connectivity index (χ0n) is 15.3. The Hall–Kier alpha value is -2.29. The Kier molecular flexibility index (Phi) is 4.83. The molecule has 0 saturated carbocycles. The van der Waals surface area contributed by atoms with E-state index in [1.165, 1.54) is 7.05 Å². The number of carbonyl (C=O) groups is 1. The molecule has 1 aromatic carbocycles. The molecule has 27 heavy (non-hydrogen) atoms. The van der Waals surface area contributed by atoms with Gasteiger partial charge >= 0.3 is 6.18 Å². The normalized spacial score (nSPS) is 17.4. The molecule has 0 unspecified atom stereocenters. The van der Waals surface area contributed by atoms with Gasteiger partial charge in [0.2, 0.25) is 5.82 Å². The van der Waals surface area contributed by atoms with E-state index in [0.717, 1.165) is 33.3 Å². The van der Waals surface area contributed by atoms with E-state index in [1.807, 2.05) is 50.1 Å². The van der Waals surface area contributed by atoms with Crippen LogP contribution >= 0.6 is 11.8 Å². The van der Waals surface area contributed by atoms with Crippen LogP contribution in [0, 0.1) is 0 Å². The van der Waals surface area contributed by atoms with Crippen molar-refractivity contribution in [1.29, 1.82) is 0 Å². The zero-order valence-corrected chi connectivity index (χ0v) is 16.1. The summed E-state index contributed by atoms with van der Waals surface area (Å²) in [6, 6.07) is 7.93. The van der Waals surface area contributed by atoms with Gasteiger partial charge in [0, 0.05) is 37.0 Å². The third-order valence-electron chi connectivity index (χ3n) is 4.67. The molecule has 0 spiro atoms. The van der Waals surface area contributed by atoms with Gasteiger partial charge in [-0.3, -0.25) is 4.79 Å². The molecule has 0 fully saturated rings. The lowest BCUT2D eigenvalue weighted by atomic mass is 9.83. The summed E-state index contributed by atoms with van der Waals surface area (Å²) in [4.78, 5) is 14.4. The number of hydrogen-bond acceptors (Lipinski definition) is 5. The Bertz CT molecular complexity index is 918. The van der Waals surface area contributed by atoms with Gasteiger partial charge in [0.25, 0.3) is 0 Å². The van der Waals surface area contributed by atoms with Crippen LogP contribution in [-0.2, 0) is 23.4 Å². The quantitative estimate of drug-likeness (QED) is 0.581. The minimum atomic E-state index is -4.57. The van der Waals surface area contributed by atoms with E-state index in [4.69, 9.17) is 0 Å². The number of allylic oxidation sites excluding steroid dienone is 2. The number of aromatic nitrogens is 3. The van der Waals surface area contributed by atoms with Gasteiger partial charge in [-0.25, -0.2) is 0 Å². The molecule has 0 saturated heterocycles. The minimum Gasteiger partial charge on any atom is -0.347 e. The van der Waals surface area contributed by atoms with Crippen LogP contribution in [0.5, 0.6) is 0 Å². The molecule has 3 rings (SSSR count). The second-order valence-electron chi connectivity index (χ2n) is 6.85. The van der Waals surface area contributed by atoms with E-state index in [9.17, 15) is 18.0 Å². The van der Waals surface area contributed by atoms with Gasteiger partial charge in [-0.05, 0) is 11.6 Å². The maximum absolute atomic E-state index is 12.8. The Labute approximate surface area is 159 Å². The van der Waals surface area contributed by atoms with Crippen LogP contribution in [0.2, 0.25) is 0 Å². The number of carbonyl (C=O) groups excluding carboxylic acids is 1. The number of halogens is 3. The number of hydrogen-bond donors (Lipinski definition) is 0. The highest BCUT2D eigenvalue weighted by Gasteiger charge is 2.39. The van der Waals surface area contributed by atoms with E-state index < -0.39 is 12.0 Å². The van der Waals surface area contributed by atoms with E-state index >= 15 is 0 Å². The number of thioether (sulfide) groups is 1. The second-order valence-corrected chi connectivity index (χ2v) is 7.79. The molecule has 0 radical (unpaired) electrons. The van der Waals surface area contributed by atoms with Crippen molar-refractivity contribution in [2.45, 2.75) is 30.6 Å². The summed E-state index contributed by atoms with van der Waals surface area (Å²) in [5.74, 6) is -1.30. The third-order valence-corrected chi connectivity index (χ3v) is 5.71. The summed E-state index contributed by atoms with van der Waals surface area (Å²) in [6.45, 7) is 4.08. The van der Waals surface area contributed by atoms with E-state index in [0.29, 0.717) is 0 Å². The van der Waals surface area contributed by atoms with E-state index in [1.54, 1.807) is 6.08 Å². The molecule has 0 aliphatic carbocycles. The van der Waals surface area contributed by atoms with Crippen molar-refractivity contribution in [1.82, 2.24) is 14.8 Å². The number of ketones is 1. The lowest BCUT2D eigenvalue weighted by Crippen LogP contribution is -2.24. The second kappa shape index (κ2) is 6.70. The molecular formula is C18H19F3N4OS. The lowest BCUT2D eigenvalue weighted by molar-refractivity contribution is -0.147. The number of benzene rings is 1. The van der Waals surface area contributed by atoms with Crippen molar-refractivity contribution in [3.63, 3.8) is 0 Å². The molecule has 1 aliphatic rings. The van der Waals surface area contributed by atoms with Gasteiger partial charge in [0.15, 0.2) is 10.9 Å². The largest absolute Gasteiger partial charge is 0.451 e. The highest BCUT2D eigenvalue weighted by Crippen LogP contribution is 2.46. The first-order chi connectivity index (χ1) is 12.5. The first-order valence-electron chi connectivity index (χ1n) is 8.21. The van der Waals surface area contributed by atoms with Crippen LogP contribution in [0.3, 0.4) is 0 Å². The number of para-hydroxylation sites is 1. The van der Waals surface area contributed by atoms with Gasteiger partial charge < -0.3 is 9.47 Å². The fourth-order valence-corrected chi connectivity index (χ4v) is 4.01. The van der Waals surface area contributed by atoms with Crippen molar-refractivity contribution < 1.29 is 18.0 Å². The van der Waals surface area contributed by atoms with E-state index in [-0.39, 0.29) is 22.1 Å². The van der Waals surface area contributed by atoms with Gasteiger partial charge in [0.1, 0.15) is 0 Å². The molecule has 1 aromatic heterocycles. The molecule has 5 nitrogen and oxygen atoms in total. The van der Waals surface area contributed by atoms with Crippen LogP contribution in [0.1, 0.15) is 25.2 Å². The number of rotatable bonds is 4. The first-order valence-corrected chi connectivity index (χ1v) is 9.19. The number of alkyl halides is 3. The molecule has 0 atom stereocenters. The molecule has 0 bridgehead atoms. The van der Waals surface area contributed by atoms with Crippen LogP contribution < -0.4 is 4.90 Å². The summed E-state index contributed by atoms with van der Waals surface area (Å²) in [7, 11) is 3.14. The Balaban J connectivity index is 1.76. The number of anilines is 1. The zero-order chi connectivity index (χ0) is 20.0. The van der Waals surface area contributed by atoms with Crippen molar-refractivity contribution in [3.8, 4) is 0 Å². The number of likely N-dealkylation sites (N-methyl/N-ethyl adjacent to an activating group) is 1. The van der Waals surface area contributed by atoms with Gasteiger partial charge in [-0.15, -0.1) is 10.2 Å². The lowest BCUT2D eigenvalue weighted by Gasteiger charge is -2.23. The summed E-state index contributed by atoms with van der Waals surface area (Å²) < 4.78 is 39.2.